The SMILES string of the molecule is O=C(O)N1C[C@H](C(=O)N2CCOCC2)C[C@H](N(CC2CC2)C(=O)c2nc3ccccc3[nH]2)C1. The van der Waals surface area contributed by atoms with E-state index in [1.165, 1.54) is 4.90 Å². The Morgan fingerprint density at radius 3 is 2.58 bits per heavy atom. The number of aromatic nitrogens is 2. The van der Waals surface area contributed by atoms with Gasteiger partial charge in [0.1, 0.15) is 0 Å². The number of rotatable bonds is 5. The Kier molecular flexibility index (Phi) is 5.92. The molecule has 3 heterocycles. The summed E-state index contributed by atoms with van der Waals surface area (Å²) in [5, 5.41) is 9.75. The largest absolute Gasteiger partial charge is 0.465 e. The zero-order chi connectivity index (χ0) is 22.9. The van der Waals surface area contributed by atoms with E-state index in [9.17, 15) is 19.5 Å². The van der Waals surface area contributed by atoms with Crippen LogP contribution in [0.4, 0.5) is 4.79 Å². The summed E-state index contributed by atoms with van der Waals surface area (Å²) in [4.78, 5) is 51.1. The maximum absolute atomic E-state index is 13.6. The third-order valence-corrected chi connectivity index (χ3v) is 6.82. The van der Waals surface area contributed by atoms with Crippen molar-refractivity contribution in [3.05, 3.63) is 30.1 Å². The van der Waals surface area contributed by atoms with Gasteiger partial charge in [-0.3, -0.25) is 9.59 Å². The molecule has 1 aromatic carbocycles. The lowest BCUT2D eigenvalue weighted by atomic mass is 9.91. The van der Waals surface area contributed by atoms with E-state index in [0.29, 0.717) is 50.7 Å². The first-order chi connectivity index (χ1) is 16.0. The highest BCUT2D eigenvalue weighted by atomic mass is 16.5. The average Bonchev–Trinajstić information content (AvgIpc) is 3.56. The van der Waals surface area contributed by atoms with Gasteiger partial charge >= 0.3 is 6.09 Å². The number of morpholine rings is 1. The Labute approximate surface area is 191 Å². The van der Waals surface area contributed by atoms with Crippen LogP contribution in [0.25, 0.3) is 11.0 Å². The quantitative estimate of drug-likeness (QED) is 0.708. The number of likely N-dealkylation sites (tertiary alicyclic amines) is 1. The lowest BCUT2D eigenvalue weighted by Gasteiger charge is -2.42. The number of carbonyl (C=O) groups excluding carboxylic acids is 2. The summed E-state index contributed by atoms with van der Waals surface area (Å²) in [6.07, 6.45) is 1.48. The highest BCUT2D eigenvalue weighted by Crippen LogP contribution is 2.33. The van der Waals surface area contributed by atoms with Crippen LogP contribution in [0.15, 0.2) is 24.3 Å². The van der Waals surface area contributed by atoms with Crippen LogP contribution in [0, 0.1) is 11.8 Å². The topological polar surface area (TPSA) is 119 Å². The molecule has 0 bridgehead atoms. The fraction of sp³-hybridized carbons (Fsp3) is 0.565. The van der Waals surface area contributed by atoms with Crippen molar-refractivity contribution in [1.29, 1.82) is 0 Å². The number of carboxylic acid groups (broad SMARTS) is 1. The van der Waals surface area contributed by atoms with E-state index in [4.69, 9.17) is 4.74 Å². The summed E-state index contributed by atoms with van der Waals surface area (Å²) in [6, 6.07) is 7.08. The van der Waals surface area contributed by atoms with Gasteiger partial charge in [-0.1, -0.05) is 12.1 Å². The second kappa shape index (κ2) is 9.01. The number of H-pyrrole nitrogens is 1. The Morgan fingerprint density at radius 1 is 1.12 bits per heavy atom. The number of amides is 3. The fourth-order valence-electron chi connectivity index (χ4n) is 4.84. The molecule has 2 atom stereocenters. The van der Waals surface area contributed by atoms with Crippen molar-refractivity contribution in [1.82, 2.24) is 24.7 Å². The summed E-state index contributed by atoms with van der Waals surface area (Å²) in [6.45, 7) is 2.89. The molecule has 1 saturated carbocycles. The number of imidazole rings is 1. The van der Waals surface area contributed by atoms with Gasteiger partial charge in [-0.05, 0) is 37.3 Å². The summed E-state index contributed by atoms with van der Waals surface area (Å²) in [5.74, 6) is -0.125. The summed E-state index contributed by atoms with van der Waals surface area (Å²) in [7, 11) is 0. The number of hydrogen-bond donors (Lipinski definition) is 2. The van der Waals surface area contributed by atoms with Crippen LogP contribution in [0.1, 0.15) is 29.9 Å². The van der Waals surface area contributed by atoms with Gasteiger partial charge in [0.2, 0.25) is 5.91 Å². The summed E-state index contributed by atoms with van der Waals surface area (Å²) >= 11 is 0. The Bertz CT molecular complexity index is 1010. The van der Waals surface area contributed by atoms with Crippen LogP contribution in [0.2, 0.25) is 0 Å². The number of carbonyl (C=O) groups is 3. The molecule has 3 amide bonds. The van der Waals surface area contributed by atoms with Gasteiger partial charge in [-0.25, -0.2) is 9.78 Å². The standard InChI is InChI=1S/C23H29N5O5/c29-21(26-7-9-33-10-8-26)16-11-17(14-27(13-16)23(31)32)28(12-15-5-6-15)22(30)20-24-18-3-1-2-4-19(18)25-20/h1-4,15-17H,5-14H2,(H,24,25)(H,31,32)/t16-,17+/m1/s1. The molecular formula is C23H29N5O5. The van der Waals surface area contributed by atoms with E-state index in [-0.39, 0.29) is 36.8 Å². The summed E-state index contributed by atoms with van der Waals surface area (Å²) < 4.78 is 5.35. The van der Waals surface area contributed by atoms with E-state index in [0.717, 1.165) is 18.4 Å². The van der Waals surface area contributed by atoms with Crippen molar-refractivity contribution in [2.45, 2.75) is 25.3 Å². The Hall–Kier alpha value is -3.14. The number of fused-ring (bicyclic) bond motifs is 1. The number of aromatic amines is 1. The second-order valence-electron chi connectivity index (χ2n) is 9.22. The average molecular weight is 456 g/mol. The van der Waals surface area contributed by atoms with Crippen LogP contribution >= 0.6 is 0 Å². The Morgan fingerprint density at radius 2 is 1.88 bits per heavy atom. The zero-order valence-electron chi connectivity index (χ0n) is 18.5. The van der Waals surface area contributed by atoms with E-state index < -0.39 is 12.0 Å². The molecule has 33 heavy (non-hydrogen) atoms. The first kappa shape index (κ1) is 21.7. The number of nitrogens with zero attached hydrogens (tertiary/aromatic N) is 4. The molecule has 1 aliphatic carbocycles. The van der Waals surface area contributed by atoms with E-state index in [2.05, 4.69) is 9.97 Å². The minimum absolute atomic E-state index is 0.0585. The minimum atomic E-state index is -1.07. The summed E-state index contributed by atoms with van der Waals surface area (Å²) in [5.41, 5.74) is 1.49. The molecule has 10 heteroatoms. The van der Waals surface area contributed by atoms with Gasteiger partial charge in [-0.2, -0.15) is 0 Å². The van der Waals surface area contributed by atoms with Crippen molar-refractivity contribution in [3.63, 3.8) is 0 Å². The zero-order valence-corrected chi connectivity index (χ0v) is 18.5. The normalized spacial score (nSPS) is 23.5. The molecule has 0 radical (unpaired) electrons. The highest BCUT2D eigenvalue weighted by molar-refractivity contribution is 5.94. The predicted molar refractivity (Wildman–Crippen MR) is 119 cm³/mol. The Balaban J connectivity index is 1.40. The molecule has 0 unspecified atom stereocenters. The smallest absolute Gasteiger partial charge is 0.407 e. The van der Waals surface area contributed by atoms with Gasteiger partial charge in [-0.15, -0.1) is 0 Å². The fourth-order valence-corrected chi connectivity index (χ4v) is 4.84. The first-order valence-electron chi connectivity index (χ1n) is 11.6. The third kappa shape index (κ3) is 4.66. The van der Waals surface area contributed by atoms with Crippen molar-refractivity contribution in [2.75, 3.05) is 45.9 Å². The predicted octanol–water partition coefficient (Wildman–Crippen LogP) is 1.64. The molecular weight excluding hydrogens is 426 g/mol. The molecule has 2 N–H and O–H groups in total. The molecule has 0 spiro atoms. The lowest BCUT2D eigenvalue weighted by molar-refractivity contribution is -0.142. The van der Waals surface area contributed by atoms with Gasteiger partial charge < -0.3 is 29.5 Å². The van der Waals surface area contributed by atoms with Gasteiger partial charge in [0.15, 0.2) is 5.82 Å². The molecule has 3 fully saturated rings. The monoisotopic (exact) mass is 455 g/mol. The van der Waals surface area contributed by atoms with Gasteiger partial charge in [0.25, 0.3) is 5.91 Å². The van der Waals surface area contributed by atoms with Crippen molar-refractivity contribution >= 4 is 28.9 Å². The molecule has 3 aliphatic rings. The number of piperidine rings is 1. The van der Waals surface area contributed by atoms with Crippen LogP contribution in [0.3, 0.4) is 0 Å². The van der Waals surface area contributed by atoms with Gasteiger partial charge in [0.05, 0.1) is 36.2 Å². The van der Waals surface area contributed by atoms with E-state index >= 15 is 0 Å². The van der Waals surface area contributed by atoms with Crippen LogP contribution in [-0.4, -0.2) is 99.7 Å². The first-order valence-corrected chi connectivity index (χ1v) is 11.6. The number of ether oxygens (including phenoxy) is 1. The van der Waals surface area contributed by atoms with Crippen molar-refractivity contribution in [2.24, 2.45) is 11.8 Å². The van der Waals surface area contributed by atoms with Gasteiger partial charge in [0, 0.05) is 32.7 Å². The molecule has 2 aromatic rings. The van der Waals surface area contributed by atoms with Crippen LogP contribution in [0.5, 0.6) is 0 Å². The molecule has 176 valence electrons. The number of hydrogen-bond acceptors (Lipinski definition) is 5. The minimum Gasteiger partial charge on any atom is -0.465 e. The van der Waals surface area contributed by atoms with Crippen molar-refractivity contribution in [3.8, 4) is 0 Å². The van der Waals surface area contributed by atoms with Crippen molar-refractivity contribution < 1.29 is 24.2 Å². The van der Waals surface area contributed by atoms with Crippen LogP contribution < -0.4 is 0 Å². The lowest BCUT2D eigenvalue weighted by Crippen LogP contribution is -2.57. The molecule has 1 aromatic heterocycles. The third-order valence-electron chi connectivity index (χ3n) is 6.82. The number of para-hydroxylation sites is 2. The highest BCUT2D eigenvalue weighted by Gasteiger charge is 2.41. The molecule has 10 nitrogen and oxygen atoms in total. The maximum Gasteiger partial charge on any atom is 0.407 e. The van der Waals surface area contributed by atoms with E-state index in [1.54, 1.807) is 9.80 Å². The molecule has 2 saturated heterocycles. The number of nitrogens with one attached hydrogen (secondary N) is 1. The molecule has 5 rings (SSSR count). The number of benzene rings is 1. The molecule has 2 aliphatic heterocycles. The maximum atomic E-state index is 13.6. The van der Waals surface area contributed by atoms with Crippen LogP contribution in [-0.2, 0) is 9.53 Å². The second-order valence-corrected chi connectivity index (χ2v) is 9.22. The van der Waals surface area contributed by atoms with E-state index in [1.807, 2.05) is 24.3 Å².